The molecule has 0 saturated carbocycles. The Morgan fingerprint density at radius 3 is 2.15 bits per heavy atom. The Labute approximate surface area is 197 Å². The molecule has 2 rings (SSSR count). The molecule has 0 fully saturated rings. The van der Waals surface area contributed by atoms with Crippen LogP contribution in [-0.2, 0) is 20.9 Å². The molecule has 2 amide bonds. The van der Waals surface area contributed by atoms with Gasteiger partial charge in [-0.05, 0) is 17.7 Å². The lowest BCUT2D eigenvalue weighted by molar-refractivity contribution is -0.133. The Kier molecular flexibility index (Phi) is 9.23. The monoisotopic (exact) mass is 476 g/mol. The highest BCUT2D eigenvalue weighted by atomic mass is 19.1. The van der Waals surface area contributed by atoms with Gasteiger partial charge in [0.1, 0.15) is 0 Å². The largest absolute Gasteiger partial charge is 0.494 e. The van der Waals surface area contributed by atoms with E-state index in [0.717, 1.165) is 0 Å². The van der Waals surface area contributed by atoms with Gasteiger partial charge in [-0.15, -0.1) is 0 Å². The van der Waals surface area contributed by atoms with Gasteiger partial charge in [-0.1, -0.05) is 19.9 Å². The van der Waals surface area contributed by atoms with E-state index < -0.39 is 24.3 Å². The molecule has 184 valence electrons. The van der Waals surface area contributed by atoms with E-state index in [1.807, 2.05) is 0 Å². The number of carbonyl (C=O) groups is 3. The number of carbonyl (C=O) groups excluding carboxylic acids is 3. The minimum atomic E-state index is -0.836. The van der Waals surface area contributed by atoms with Crippen LogP contribution in [0.1, 0.15) is 29.8 Å². The van der Waals surface area contributed by atoms with Crippen LogP contribution in [0.3, 0.4) is 0 Å². The molecule has 9 nitrogen and oxygen atoms in total. The van der Waals surface area contributed by atoms with E-state index in [2.05, 4.69) is 5.32 Å². The summed E-state index contributed by atoms with van der Waals surface area (Å²) in [5.74, 6) is -1.88. The minimum Gasteiger partial charge on any atom is -0.494 e. The molecule has 0 saturated heterocycles. The number of benzene rings is 2. The molecule has 2 aromatic rings. The van der Waals surface area contributed by atoms with E-state index in [9.17, 15) is 18.8 Å². The summed E-state index contributed by atoms with van der Waals surface area (Å²) in [5.41, 5.74) is 0.703. The van der Waals surface area contributed by atoms with Crippen molar-refractivity contribution < 1.29 is 37.7 Å². The topological polar surface area (TPSA) is 103 Å². The van der Waals surface area contributed by atoms with Crippen LogP contribution in [0, 0.1) is 11.7 Å². The SMILES string of the molecule is COc1ccc(CN(C)C(=O)COC(=O)c2cc(OC)c(OC)cc2NC(=O)C(C)C)cc1F. The van der Waals surface area contributed by atoms with Crippen molar-refractivity contribution in [2.24, 2.45) is 5.92 Å². The van der Waals surface area contributed by atoms with Gasteiger partial charge < -0.3 is 29.2 Å². The summed E-state index contributed by atoms with van der Waals surface area (Å²) in [6.45, 7) is 2.96. The number of rotatable bonds is 10. The number of hydrogen-bond acceptors (Lipinski definition) is 7. The molecule has 0 atom stereocenters. The van der Waals surface area contributed by atoms with Gasteiger partial charge >= 0.3 is 5.97 Å². The zero-order valence-corrected chi connectivity index (χ0v) is 20.1. The van der Waals surface area contributed by atoms with Gasteiger partial charge in [0.2, 0.25) is 5.91 Å². The van der Waals surface area contributed by atoms with Crippen LogP contribution < -0.4 is 19.5 Å². The van der Waals surface area contributed by atoms with Gasteiger partial charge in [-0.2, -0.15) is 0 Å². The number of esters is 1. The van der Waals surface area contributed by atoms with Crippen LogP contribution in [0.2, 0.25) is 0 Å². The Hall–Kier alpha value is -3.82. The first-order valence-corrected chi connectivity index (χ1v) is 10.4. The standard InChI is InChI=1S/C24H29FN2O7/c1-14(2)23(29)26-18-11-21(33-6)20(32-5)10-16(18)24(30)34-13-22(28)27(3)12-15-7-8-19(31-4)17(25)9-15/h7-11,14H,12-13H2,1-6H3,(H,26,29). The molecule has 0 unspecified atom stereocenters. The fourth-order valence-electron chi connectivity index (χ4n) is 2.91. The molecule has 0 radical (unpaired) electrons. The summed E-state index contributed by atoms with van der Waals surface area (Å²) in [5, 5.41) is 2.66. The van der Waals surface area contributed by atoms with Crippen LogP contribution in [0.15, 0.2) is 30.3 Å². The van der Waals surface area contributed by atoms with Gasteiger partial charge in [0.25, 0.3) is 5.91 Å². The summed E-state index contributed by atoms with van der Waals surface area (Å²) < 4.78 is 34.4. The van der Waals surface area contributed by atoms with Crippen molar-refractivity contribution in [3.8, 4) is 17.2 Å². The van der Waals surface area contributed by atoms with Crippen LogP contribution in [0.5, 0.6) is 17.2 Å². The number of hydrogen-bond donors (Lipinski definition) is 1. The predicted molar refractivity (Wildman–Crippen MR) is 123 cm³/mol. The molecular weight excluding hydrogens is 447 g/mol. The highest BCUT2D eigenvalue weighted by Crippen LogP contribution is 2.34. The number of anilines is 1. The molecule has 0 aromatic heterocycles. The van der Waals surface area contributed by atoms with E-state index in [0.29, 0.717) is 11.3 Å². The second kappa shape index (κ2) is 11.9. The smallest absolute Gasteiger partial charge is 0.340 e. The molecular formula is C24H29FN2O7. The zero-order chi connectivity index (χ0) is 25.4. The van der Waals surface area contributed by atoms with Gasteiger partial charge in [0.15, 0.2) is 29.7 Å². The third kappa shape index (κ3) is 6.60. The number of amides is 2. The third-order valence-electron chi connectivity index (χ3n) is 4.91. The van der Waals surface area contributed by atoms with E-state index in [1.54, 1.807) is 19.9 Å². The van der Waals surface area contributed by atoms with Crippen molar-refractivity contribution in [3.63, 3.8) is 0 Å². The molecule has 2 aromatic carbocycles. The minimum absolute atomic E-state index is 0.000622. The third-order valence-corrected chi connectivity index (χ3v) is 4.91. The summed E-state index contributed by atoms with van der Waals surface area (Å²) in [6.07, 6.45) is 0. The molecule has 0 spiro atoms. The molecule has 0 aliphatic rings. The summed E-state index contributed by atoms with van der Waals surface area (Å²) in [4.78, 5) is 38.8. The first-order valence-electron chi connectivity index (χ1n) is 10.4. The van der Waals surface area contributed by atoms with E-state index in [-0.39, 0.29) is 41.1 Å². The summed E-state index contributed by atoms with van der Waals surface area (Å²) >= 11 is 0. The normalized spacial score (nSPS) is 10.5. The molecule has 0 heterocycles. The van der Waals surface area contributed by atoms with Crippen molar-refractivity contribution in [1.82, 2.24) is 4.90 Å². The Balaban J connectivity index is 2.13. The molecule has 10 heteroatoms. The lowest BCUT2D eigenvalue weighted by Gasteiger charge is -2.19. The highest BCUT2D eigenvalue weighted by molar-refractivity contribution is 6.03. The van der Waals surface area contributed by atoms with Gasteiger partial charge in [0.05, 0.1) is 32.6 Å². The molecule has 34 heavy (non-hydrogen) atoms. The Morgan fingerprint density at radius 1 is 0.971 bits per heavy atom. The van der Waals surface area contributed by atoms with Gasteiger partial charge in [0, 0.05) is 31.6 Å². The number of methoxy groups -OCH3 is 3. The van der Waals surface area contributed by atoms with Crippen molar-refractivity contribution in [2.75, 3.05) is 40.3 Å². The average molecular weight is 477 g/mol. The van der Waals surface area contributed by atoms with E-state index in [1.165, 1.54) is 57.5 Å². The maximum absolute atomic E-state index is 13.9. The van der Waals surface area contributed by atoms with Crippen LogP contribution in [0.4, 0.5) is 10.1 Å². The fourth-order valence-corrected chi connectivity index (χ4v) is 2.91. The summed E-state index contributed by atoms with van der Waals surface area (Å²) in [7, 11) is 5.69. The highest BCUT2D eigenvalue weighted by Gasteiger charge is 2.22. The maximum atomic E-state index is 13.9. The molecule has 0 bridgehead atoms. The number of ether oxygens (including phenoxy) is 4. The second-order valence-electron chi connectivity index (χ2n) is 7.69. The van der Waals surface area contributed by atoms with Crippen LogP contribution in [0.25, 0.3) is 0 Å². The van der Waals surface area contributed by atoms with E-state index in [4.69, 9.17) is 18.9 Å². The Morgan fingerprint density at radius 2 is 1.59 bits per heavy atom. The quantitative estimate of drug-likeness (QED) is 0.525. The molecule has 0 aliphatic heterocycles. The zero-order valence-electron chi connectivity index (χ0n) is 20.1. The first-order chi connectivity index (χ1) is 16.1. The van der Waals surface area contributed by atoms with Crippen molar-refractivity contribution in [2.45, 2.75) is 20.4 Å². The van der Waals surface area contributed by atoms with Crippen molar-refractivity contribution in [1.29, 1.82) is 0 Å². The number of likely N-dealkylation sites (N-methyl/N-ethyl adjacent to an activating group) is 1. The number of nitrogens with one attached hydrogen (secondary N) is 1. The lowest BCUT2D eigenvalue weighted by Crippen LogP contribution is -2.31. The molecule has 1 N–H and O–H groups in total. The lowest BCUT2D eigenvalue weighted by atomic mass is 10.1. The van der Waals surface area contributed by atoms with E-state index >= 15 is 0 Å². The maximum Gasteiger partial charge on any atom is 0.340 e. The summed E-state index contributed by atoms with van der Waals surface area (Å²) in [6, 6.07) is 7.17. The molecule has 0 aliphatic carbocycles. The Bertz CT molecular complexity index is 1060. The number of nitrogens with zero attached hydrogens (tertiary/aromatic N) is 1. The van der Waals surface area contributed by atoms with Gasteiger partial charge in [-0.3, -0.25) is 9.59 Å². The second-order valence-corrected chi connectivity index (χ2v) is 7.69. The van der Waals surface area contributed by atoms with Gasteiger partial charge in [-0.25, -0.2) is 9.18 Å². The van der Waals surface area contributed by atoms with Crippen molar-refractivity contribution in [3.05, 3.63) is 47.3 Å². The number of halogens is 1. The average Bonchev–Trinajstić information content (AvgIpc) is 2.81. The van der Waals surface area contributed by atoms with Crippen molar-refractivity contribution >= 4 is 23.5 Å². The fraction of sp³-hybridized carbons (Fsp3) is 0.375. The predicted octanol–water partition coefficient (Wildman–Crippen LogP) is 3.26. The first kappa shape index (κ1) is 26.4. The van der Waals surface area contributed by atoms with Crippen LogP contribution >= 0.6 is 0 Å². The van der Waals surface area contributed by atoms with Crippen LogP contribution in [-0.4, -0.2) is 57.7 Å².